The van der Waals surface area contributed by atoms with E-state index in [9.17, 15) is 0 Å². The van der Waals surface area contributed by atoms with Gasteiger partial charge in [0, 0.05) is 25.6 Å². The Labute approximate surface area is 127 Å². The Morgan fingerprint density at radius 3 is 2.70 bits per heavy atom. The van der Waals surface area contributed by atoms with Crippen LogP contribution in [0.1, 0.15) is 39.2 Å². The maximum absolute atomic E-state index is 6.24. The van der Waals surface area contributed by atoms with Gasteiger partial charge >= 0.3 is 0 Å². The summed E-state index contributed by atoms with van der Waals surface area (Å²) in [4.78, 5) is 0. The molecule has 0 fully saturated rings. The number of benzene rings is 1. The van der Waals surface area contributed by atoms with Crippen LogP contribution in [-0.2, 0) is 11.3 Å². The molecule has 1 aromatic rings. The molecule has 0 saturated carbocycles. The van der Waals surface area contributed by atoms with Crippen molar-refractivity contribution in [3.63, 3.8) is 0 Å². The Bertz CT molecular complexity index is 407. The monoisotopic (exact) mass is 299 g/mol. The van der Waals surface area contributed by atoms with Crippen molar-refractivity contribution >= 4 is 11.6 Å². The first-order valence-electron chi connectivity index (χ1n) is 7.16. The highest BCUT2D eigenvalue weighted by molar-refractivity contribution is 6.32. The van der Waals surface area contributed by atoms with Crippen LogP contribution in [0, 0.1) is 0 Å². The molecule has 114 valence electrons. The predicted molar refractivity (Wildman–Crippen MR) is 84.6 cm³/mol. The summed E-state index contributed by atoms with van der Waals surface area (Å²) in [6, 6.07) is 5.87. The number of methoxy groups -OCH3 is 1. The van der Waals surface area contributed by atoms with E-state index in [0.29, 0.717) is 11.6 Å². The van der Waals surface area contributed by atoms with Crippen LogP contribution < -0.4 is 10.1 Å². The maximum atomic E-state index is 6.24. The number of halogens is 1. The minimum Gasteiger partial charge on any atom is -0.492 e. The third-order valence-corrected chi connectivity index (χ3v) is 3.59. The van der Waals surface area contributed by atoms with Gasteiger partial charge in [0.2, 0.25) is 0 Å². The van der Waals surface area contributed by atoms with Gasteiger partial charge in [0.25, 0.3) is 0 Å². The molecule has 1 N–H and O–H groups in total. The van der Waals surface area contributed by atoms with E-state index < -0.39 is 0 Å². The van der Waals surface area contributed by atoms with Crippen molar-refractivity contribution in [2.45, 2.75) is 45.8 Å². The van der Waals surface area contributed by atoms with E-state index in [4.69, 9.17) is 21.1 Å². The first-order chi connectivity index (χ1) is 9.50. The van der Waals surface area contributed by atoms with Gasteiger partial charge in [-0.2, -0.15) is 0 Å². The number of nitrogens with one attached hydrogen (secondary N) is 1. The molecule has 0 radical (unpaired) electrons. The molecular weight excluding hydrogens is 274 g/mol. The van der Waals surface area contributed by atoms with Gasteiger partial charge in [0.15, 0.2) is 0 Å². The molecular formula is C16H26ClNO2. The zero-order valence-corrected chi connectivity index (χ0v) is 13.7. The molecule has 0 heterocycles. The SMILES string of the molecule is CCCNCc1cccc(Cl)c1OCCC(C)(C)OC. The quantitative estimate of drug-likeness (QED) is 0.698. The average Bonchev–Trinajstić information content (AvgIpc) is 2.42. The molecule has 0 aromatic heterocycles. The van der Waals surface area contributed by atoms with Crippen LogP contribution >= 0.6 is 11.6 Å². The largest absolute Gasteiger partial charge is 0.492 e. The van der Waals surface area contributed by atoms with Crippen LogP contribution in [0.25, 0.3) is 0 Å². The van der Waals surface area contributed by atoms with E-state index >= 15 is 0 Å². The lowest BCUT2D eigenvalue weighted by atomic mass is 10.1. The maximum Gasteiger partial charge on any atom is 0.142 e. The lowest BCUT2D eigenvalue weighted by Crippen LogP contribution is -2.25. The van der Waals surface area contributed by atoms with Crippen molar-refractivity contribution in [2.75, 3.05) is 20.3 Å². The highest BCUT2D eigenvalue weighted by Gasteiger charge is 2.17. The van der Waals surface area contributed by atoms with Gasteiger partial charge in [-0.3, -0.25) is 0 Å². The number of hydrogen-bond donors (Lipinski definition) is 1. The average molecular weight is 300 g/mol. The minimum absolute atomic E-state index is 0.179. The summed E-state index contributed by atoms with van der Waals surface area (Å²) in [7, 11) is 1.72. The molecule has 1 aromatic carbocycles. The Hall–Kier alpha value is -0.770. The zero-order valence-electron chi connectivity index (χ0n) is 13.0. The molecule has 0 atom stereocenters. The van der Waals surface area contributed by atoms with Gasteiger partial charge in [-0.15, -0.1) is 0 Å². The second-order valence-electron chi connectivity index (χ2n) is 5.47. The lowest BCUT2D eigenvalue weighted by molar-refractivity contribution is 0.00538. The van der Waals surface area contributed by atoms with Crippen LogP contribution in [-0.4, -0.2) is 25.9 Å². The molecule has 0 aliphatic carbocycles. The van der Waals surface area contributed by atoms with Gasteiger partial charge < -0.3 is 14.8 Å². The first kappa shape index (κ1) is 17.3. The van der Waals surface area contributed by atoms with Crippen molar-refractivity contribution in [3.8, 4) is 5.75 Å². The molecule has 3 nitrogen and oxygen atoms in total. The smallest absolute Gasteiger partial charge is 0.142 e. The number of rotatable bonds is 9. The highest BCUT2D eigenvalue weighted by Crippen LogP contribution is 2.29. The molecule has 0 unspecified atom stereocenters. The summed E-state index contributed by atoms with van der Waals surface area (Å²) >= 11 is 6.24. The Balaban J connectivity index is 2.63. The standard InChI is InChI=1S/C16H26ClNO2/c1-5-10-18-12-13-7-6-8-14(17)15(13)20-11-9-16(2,3)19-4/h6-8,18H,5,9-12H2,1-4H3. The zero-order chi connectivity index (χ0) is 15.0. The topological polar surface area (TPSA) is 30.5 Å². The van der Waals surface area contributed by atoms with E-state index in [0.717, 1.165) is 37.2 Å². The summed E-state index contributed by atoms with van der Waals surface area (Å²) in [5, 5.41) is 4.04. The normalized spacial score (nSPS) is 11.7. The highest BCUT2D eigenvalue weighted by atomic mass is 35.5. The van der Waals surface area contributed by atoms with Crippen LogP contribution in [0.3, 0.4) is 0 Å². The fourth-order valence-corrected chi connectivity index (χ4v) is 2.00. The van der Waals surface area contributed by atoms with Crippen molar-refractivity contribution in [2.24, 2.45) is 0 Å². The molecule has 1 rings (SSSR count). The van der Waals surface area contributed by atoms with Crippen LogP contribution in [0.4, 0.5) is 0 Å². The third-order valence-electron chi connectivity index (χ3n) is 3.29. The van der Waals surface area contributed by atoms with Gasteiger partial charge in [-0.25, -0.2) is 0 Å². The van der Waals surface area contributed by atoms with E-state index in [1.807, 2.05) is 32.0 Å². The molecule has 0 bridgehead atoms. The fraction of sp³-hybridized carbons (Fsp3) is 0.625. The number of hydrogen-bond acceptors (Lipinski definition) is 3. The summed E-state index contributed by atoms with van der Waals surface area (Å²) in [5.41, 5.74) is 0.920. The van der Waals surface area contributed by atoms with Gasteiger partial charge in [0.05, 0.1) is 17.2 Å². The van der Waals surface area contributed by atoms with E-state index in [1.54, 1.807) is 7.11 Å². The lowest BCUT2D eigenvalue weighted by Gasteiger charge is -2.23. The summed E-state index contributed by atoms with van der Waals surface area (Å²) < 4.78 is 11.3. The molecule has 0 aliphatic heterocycles. The second-order valence-corrected chi connectivity index (χ2v) is 5.87. The Morgan fingerprint density at radius 2 is 2.05 bits per heavy atom. The predicted octanol–water partition coefficient (Wildman–Crippen LogP) is 4.03. The van der Waals surface area contributed by atoms with E-state index in [1.165, 1.54) is 0 Å². The number of ether oxygens (including phenoxy) is 2. The van der Waals surface area contributed by atoms with E-state index in [2.05, 4.69) is 12.2 Å². The van der Waals surface area contributed by atoms with Crippen molar-refractivity contribution < 1.29 is 9.47 Å². The van der Waals surface area contributed by atoms with Gasteiger partial charge in [-0.1, -0.05) is 30.7 Å². The Morgan fingerprint density at radius 1 is 1.30 bits per heavy atom. The molecule has 0 spiro atoms. The fourth-order valence-electron chi connectivity index (χ4n) is 1.76. The second kappa shape index (κ2) is 8.50. The third kappa shape index (κ3) is 5.70. The van der Waals surface area contributed by atoms with Crippen LogP contribution in [0.5, 0.6) is 5.75 Å². The van der Waals surface area contributed by atoms with Crippen molar-refractivity contribution in [1.29, 1.82) is 0 Å². The van der Waals surface area contributed by atoms with Gasteiger partial charge in [-0.05, 0) is 32.9 Å². The van der Waals surface area contributed by atoms with Crippen LogP contribution in [0.15, 0.2) is 18.2 Å². The van der Waals surface area contributed by atoms with Crippen molar-refractivity contribution in [3.05, 3.63) is 28.8 Å². The molecule has 20 heavy (non-hydrogen) atoms. The Kier molecular flexibility index (Phi) is 7.35. The molecule has 4 heteroatoms. The molecule has 0 saturated heterocycles. The summed E-state index contributed by atoms with van der Waals surface area (Å²) in [6.45, 7) is 8.60. The van der Waals surface area contributed by atoms with Crippen LogP contribution in [0.2, 0.25) is 5.02 Å². The minimum atomic E-state index is -0.179. The summed E-state index contributed by atoms with van der Waals surface area (Å²) in [5.74, 6) is 0.782. The van der Waals surface area contributed by atoms with E-state index in [-0.39, 0.29) is 5.60 Å². The first-order valence-corrected chi connectivity index (χ1v) is 7.54. The van der Waals surface area contributed by atoms with Gasteiger partial charge in [0.1, 0.15) is 5.75 Å². The molecule has 0 aliphatic rings. The van der Waals surface area contributed by atoms with Crippen molar-refractivity contribution in [1.82, 2.24) is 5.32 Å². The number of para-hydroxylation sites is 1. The molecule has 0 amide bonds. The summed E-state index contributed by atoms with van der Waals surface area (Å²) in [6.07, 6.45) is 1.93.